The van der Waals surface area contributed by atoms with Crippen molar-refractivity contribution in [2.24, 2.45) is 0 Å². The molecule has 0 aliphatic rings. The van der Waals surface area contributed by atoms with Crippen LogP contribution in [0, 0.1) is 0 Å². The zero-order valence-electron chi connectivity index (χ0n) is 16.2. The van der Waals surface area contributed by atoms with E-state index in [4.69, 9.17) is 16.6 Å². The summed E-state index contributed by atoms with van der Waals surface area (Å²) < 4.78 is 2.16. The molecule has 1 amide bonds. The lowest BCUT2D eigenvalue weighted by molar-refractivity contribution is -0.121. The van der Waals surface area contributed by atoms with Gasteiger partial charge in [-0.15, -0.1) is 0 Å². The molecule has 3 aromatic carbocycles. The van der Waals surface area contributed by atoms with Crippen LogP contribution in [0.1, 0.15) is 29.9 Å². The van der Waals surface area contributed by atoms with Crippen LogP contribution in [0.25, 0.3) is 11.0 Å². The second-order valence-corrected chi connectivity index (χ2v) is 7.56. The fourth-order valence-electron chi connectivity index (χ4n) is 3.50. The van der Waals surface area contributed by atoms with Crippen LogP contribution >= 0.6 is 11.6 Å². The molecule has 0 bridgehead atoms. The third-order valence-electron chi connectivity index (χ3n) is 4.91. The number of halogens is 1. The van der Waals surface area contributed by atoms with E-state index >= 15 is 0 Å². The molecule has 0 aliphatic carbocycles. The molecule has 146 valence electrons. The Balaban J connectivity index is 1.60. The molecule has 1 heterocycles. The Morgan fingerprint density at radius 2 is 1.66 bits per heavy atom. The highest BCUT2D eigenvalue weighted by molar-refractivity contribution is 6.30. The molecule has 29 heavy (non-hydrogen) atoms. The Bertz CT molecular complexity index is 1120. The average Bonchev–Trinajstić information content (AvgIpc) is 3.09. The normalized spacial score (nSPS) is 12.1. The molecule has 0 saturated heterocycles. The third-order valence-corrected chi connectivity index (χ3v) is 5.16. The van der Waals surface area contributed by atoms with Gasteiger partial charge in [-0.05, 0) is 42.3 Å². The summed E-state index contributed by atoms with van der Waals surface area (Å²) in [4.78, 5) is 17.4. The van der Waals surface area contributed by atoms with Gasteiger partial charge in [0, 0.05) is 11.6 Å². The van der Waals surface area contributed by atoms with Gasteiger partial charge in [0.15, 0.2) is 0 Å². The van der Waals surface area contributed by atoms with Crippen molar-refractivity contribution >= 4 is 28.5 Å². The second-order valence-electron chi connectivity index (χ2n) is 7.12. The van der Waals surface area contributed by atoms with Crippen molar-refractivity contribution < 1.29 is 4.79 Å². The molecule has 1 unspecified atom stereocenters. The van der Waals surface area contributed by atoms with Crippen molar-refractivity contribution in [3.63, 3.8) is 0 Å². The monoisotopic (exact) mass is 403 g/mol. The van der Waals surface area contributed by atoms with Crippen molar-refractivity contribution in [1.29, 1.82) is 0 Å². The molecule has 5 heteroatoms. The standard InChI is InChI=1S/C24H22ClN3O/c1-17(26-23(29)15-18-7-3-2-4-8-18)24-27-21-9-5-6-10-22(21)28(24)16-19-11-13-20(25)14-12-19/h2-14,17H,15-16H2,1H3,(H,26,29). The minimum Gasteiger partial charge on any atom is -0.346 e. The number of nitrogens with zero attached hydrogens (tertiary/aromatic N) is 2. The van der Waals surface area contributed by atoms with Crippen molar-refractivity contribution in [2.45, 2.75) is 25.9 Å². The van der Waals surface area contributed by atoms with Gasteiger partial charge in [0.1, 0.15) is 5.82 Å². The number of fused-ring (bicyclic) bond motifs is 1. The summed E-state index contributed by atoms with van der Waals surface area (Å²) in [6, 6.07) is 25.4. The first-order valence-electron chi connectivity index (χ1n) is 9.63. The minimum atomic E-state index is -0.217. The van der Waals surface area contributed by atoms with Gasteiger partial charge in [-0.1, -0.05) is 66.2 Å². The molecule has 4 nitrogen and oxygen atoms in total. The van der Waals surface area contributed by atoms with Gasteiger partial charge in [-0.25, -0.2) is 4.98 Å². The zero-order chi connectivity index (χ0) is 20.2. The summed E-state index contributed by atoms with van der Waals surface area (Å²) in [6.45, 7) is 2.63. The molecule has 0 aliphatic heterocycles. The van der Waals surface area contributed by atoms with Crippen LogP contribution in [0.2, 0.25) is 5.02 Å². The van der Waals surface area contributed by atoms with Gasteiger partial charge >= 0.3 is 0 Å². The Kier molecular flexibility index (Phi) is 5.63. The molecule has 0 saturated carbocycles. The highest BCUT2D eigenvalue weighted by Gasteiger charge is 2.18. The van der Waals surface area contributed by atoms with Crippen LogP contribution in [0.3, 0.4) is 0 Å². The van der Waals surface area contributed by atoms with Crippen molar-refractivity contribution in [1.82, 2.24) is 14.9 Å². The van der Waals surface area contributed by atoms with Crippen LogP contribution in [-0.2, 0) is 17.8 Å². The maximum Gasteiger partial charge on any atom is 0.224 e. The summed E-state index contributed by atoms with van der Waals surface area (Å²) in [5.41, 5.74) is 4.08. The van der Waals surface area contributed by atoms with Crippen LogP contribution in [-0.4, -0.2) is 15.5 Å². The van der Waals surface area contributed by atoms with Crippen LogP contribution in [0.15, 0.2) is 78.9 Å². The number of para-hydroxylation sites is 2. The molecular formula is C24H22ClN3O. The topological polar surface area (TPSA) is 46.9 Å². The molecule has 1 N–H and O–H groups in total. The van der Waals surface area contributed by atoms with E-state index in [2.05, 4.69) is 16.0 Å². The first-order chi connectivity index (χ1) is 14.1. The van der Waals surface area contributed by atoms with E-state index in [0.717, 1.165) is 28.0 Å². The number of imidazole rings is 1. The Morgan fingerprint density at radius 1 is 0.966 bits per heavy atom. The number of rotatable bonds is 6. The smallest absolute Gasteiger partial charge is 0.224 e. The molecule has 4 aromatic rings. The van der Waals surface area contributed by atoms with Gasteiger partial charge < -0.3 is 9.88 Å². The van der Waals surface area contributed by atoms with Crippen molar-refractivity contribution in [3.8, 4) is 0 Å². The van der Waals surface area contributed by atoms with Crippen LogP contribution < -0.4 is 5.32 Å². The number of carbonyl (C=O) groups excluding carboxylic acids is 1. The summed E-state index contributed by atoms with van der Waals surface area (Å²) in [6.07, 6.45) is 0.350. The highest BCUT2D eigenvalue weighted by atomic mass is 35.5. The fourth-order valence-corrected chi connectivity index (χ4v) is 3.63. The SMILES string of the molecule is CC(NC(=O)Cc1ccccc1)c1nc2ccccc2n1Cc1ccc(Cl)cc1. The Hall–Kier alpha value is -3.11. The third kappa shape index (κ3) is 4.49. The van der Waals surface area contributed by atoms with Crippen molar-refractivity contribution in [3.05, 3.63) is 101 Å². The second kappa shape index (κ2) is 8.50. The van der Waals surface area contributed by atoms with Crippen molar-refractivity contribution in [2.75, 3.05) is 0 Å². The molecule has 1 aromatic heterocycles. The van der Waals surface area contributed by atoms with Gasteiger partial charge in [0.2, 0.25) is 5.91 Å². The number of aromatic nitrogens is 2. The molecule has 0 spiro atoms. The predicted molar refractivity (Wildman–Crippen MR) is 117 cm³/mol. The Labute approximate surface area is 175 Å². The van der Waals surface area contributed by atoms with Crippen LogP contribution in [0.5, 0.6) is 0 Å². The van der Waals surface area contributed by atoms with Gasteiger partial charge in [-0.2, -0.15) is 0 Å². The predicted octanol–water partition coefficient (Wildman–Crippen LogP) is 5.16. The van der Waals surface area contributed by atoms with E-state index in [0.29, 0.717) is 18.0 Å². The largest absolute Gasteiger partial charge is 0.346 e. The molecule has 4 rings (SSSR count). The molecular weight excluding hydrogens is 382 g/mol. The lowest BCUT2D eigenvalue weighted by Gasteiger charge is -2.17. The fraction of sp³-hybridized carbons (Fsp3) is 0.167. The number of hydrogen-bond acceptors (Lipinski definition) is 2. The van der Waals surface area contributed by atoms with Gasteiger partial charge in [0.25, 0.3) is 0 Å². The zero-order valence-corrected chi connectivity index (χ0v) is 16.9. The van der Waals surface area contributed by atoms with Gasteiger partial charge in [0.05, 0.1) is 23.5 Å². The van der Waals surface area contributed by atoms with E-state index in [9.17, 15) is 4.79 Å². The maximum atomic E-state index is 12.6. The highest BCUT2D eigenvalue weighted by Crippen LogP contribution is 2.23. The van der Waals surface area contributed by atoms with E-state index < -0.39 is 0 Å². The lowest BCUT2D eigenvalue weighted by Crippen LogP contribution is -2.30. The number of benzene rings is 3. The summed E-state index contributed by atoms with van der Waals surface area (Å²) in [5.74, 6) is 0.816. The maximum absolute atomic E-state index is 12.6. The number of carbonyl (C=O) groups is 1. The average molecular weight is 404 g/mol. The van der Waals surface area contributed by atoms with E-state index in [1.807, 2.05) is 79.7 Å². The van der Waals surface area contributed by atoms with E-state index in [1.54, 1.807) is 0 Å². The molecule has 0 radical (unpaired) electrons. The van der Waals surface area contributed by atoms with E-state index in [-0.39, 0.29) is 11.9 Å². The molecule has 0 fully saturated rings. The lowest BCUT2D eigenvalue weighted by atomic mass is 10.1. The molecule has 1 atom stereocenters. The number of amides is 1. The van der Waals surface area contributed by atoms with Crippen LogP contribution in [0.4, 0.5) is 0 Å². The Morgan fingerprint density at radius 3 is 2.41 bits per heavy atom. The number of hydrogen-bond donors (Lipinski definition) is 1. The number of nitrogens with one attached hydrogen (secondary N) is 1. The summed E-state index contributed by atoms with van der Waals surface area (Å²) in [7, 11) is 0. The first-order valence-corrected chi connectivity index (χ1v) is 10.0. The summed E-state index contributed by atoms with van der Waals surface area (Å²) >= 11 is 6.03. The van der Waals surface area contributed by atoms with E-state index in [1.165, 1.54) is 0 Å². The minimum absolute atomic E-state index is 0.0196. The van der Waals surface area contributed by atoms with Gasteiger partial charge in [-0.3, -0.25) is 4.79 Å². The first kappa shape index (κ1) is 19.2. The quantitative estimate of drug-likeness (QED) is 0.483. The summed E-state index contributed by atoms with van der Waals surface area (Å²) in [5, 5.41) is 3.81.